The Kier molecular flexibility index (Phi) is 4.11. The quantitative estimate of drug-likeness (QED) is 0.869. The molecule has 6 heteroatoms. The fourth-order valence-corrected chi connectivity index (χ4v) is 4.94. The molecule has 1 unspecified atom stereocenters. The molecule has 1 N–H and O–H groups in total. The second-order valence-corrected chi connectivity index (χ2v) is 7.80. The molecule has 4 nitrogen and oxygen atoms in total. The van der Waals surface area contributed by atoms with Crippen molar-refractivity contribution in [1.82, 2.24) is 9.62 Å². The second-order valence-electron chi connectivity index (χ2n) is 4.84. The zero-order valence-electron chi connectivity index (χ0n) is 11.0. The smallest absolute Gasteiger partial charge is 0.244 e. The minimum absolute atomic E-state index is 0.0948. The Morgan fingerprint density at radius 3 is 2.78 bits per heavy atom. The Hall–Kier alpha value is -0.430. The fourth-order valence-electron chi connectivity index (χ4n) is 2.10. The Labute approximate surface area is 113 Å². The number of rotatable bonds is 6. The van der Waals surface area contributed by atoms with E-state index < -0.39 is 10.0 Å². The molecule has 0 aromatic carbocycles. The third kappa shape index (κ3) is 2.61. The first kappa shape index (κ1) is 14.0. The van der Waals surface area contributed by atoms with Crippen molar-refractivity contribution >= 4 is 21.4 Å². The normalized spacial score (nSPS) is 18.2. The first-order chi connectivity index (χ1) is 8.48. The van der Waals surface area contributed by atoms with Crippen LogP contribution in [0.1, 0.15) is 24.6 Å². The van der Waals surface area contributed by atoms with Gasteiger partial charge in [-0.15, -0.1) is 11.3 Å². The van der Waals surface area contributed by atoms with E-state index in [1.165, 1.54) is 15.6 Å². The van der Waals surface area contributed by atoms with Crippen LogP contribution in [0.4, 0.5) is 0 Å². The van der Waals surface area contributed by atoms with Gasteiger partial charge in [0.15, 0.2) is 0 Å². The molecule has 1 fully saturated rings. The molecule has 1 aromatic rings. The fraction of sp³-hybridized carbons (Fsp3) is 0.667. The average molecular weight is 288 g/mol. The lowest BCUT2D eigenvalue weighted by atomic mass is 10.2. The van der Waals surface area contributed by atoms with Gasteiger partial charge in [-0.25, -0.2) is 8.42 Å². The topological polar surface area (TPSA) is 49.4 Å². The molecule has 2 rings (SSSR count). The Balaban J connectivity index is 2.26. The summed E-state index contributed by atoms with van der Waals surface area (Å²) < 4.78 is 26.7. The van der Waals surface area contributed by atoms with Crippen molar-refractivity contribution in [2.45, 2.75) is 37.2 Å². The van der Waals surface area contributed by atoms with E-state index in [0.29, 0.717) is 17.4 Å². The Morgan fingerprint density at radius 2 is 2.22 bits per heavy atom. The summed E-state index contributed by atoms with van der Waals surface area (Å²) in [7, 11) is 0.171. The average Bonchev–Trinajstić information content (AvgIpc) is 3.07. The third-order valence-corrected chi connectivity index (χ3v) is 6.66. The van der Waals surface area contributed by atoms with Gasteiger partial charge in [-0.05, 0) is 44.2 Å². The Morgan fingerprint density at radius 1 is 1.56 bits per heavy atom. The SMILES string of the molecule is CNCc1sccc1S(=O)(=O)N(C)C(C)C1CC1. The van der Waals surface area contributed by atoms with Crippen LogP contribution in [-0.2, 0) is 16.6 Å². The van der Waals surface area contributed by atoms with Gasteiger partial charge in [0.1, 0.15) is 0 Å². The van der Waals surface area contributed by atoms with Crippen molar-refractivity contribution in [1.29, 1.82) is 0 Å². The summed E-state index contributed by atoms with van der Waals surface area (Å²) in [6.45, 7) is 2.59. The molecule has 0 bridgehead atoms. The zero-order chi connectivity index (χ0) is 13.3. The van der Waals surface area contributed by atoms with Gasteiger partial charge in [-0.1, -0.05) is 0 Å². The molecule has 1 aliphatic rings. The lowest BCUT2D eigenvalue weighted by Crippen LogP contribution is -2.36. The standard InChI is InChI=1S/C12H20N2O2S2/c1-9(10-4-5-10)14(3)18(15,16)12-6-7-17-11(12)8-13-2/h6-7,9-10,13H,4-5,8H2,1-3H3. The lowest BCUT2D eigenvalue weighted by Gasteiger charge is -2.24. The summed E-state index contributed by atoms with van der Waals surface area (Å²) in [6, 6.07) is 1.81. The minimum Gasteiger partial charge on any atom is -0.315 e. The third-order valence-electron chi connectivity index (χ3n) is 3.58. The van der Waals surface area contributed by atoms with Crippen molar-refractivity contribution < 1.29 is 8.42 Å². The van der Waals surface area contributed by atoms with E-state index in [1.54, 1.807) is 13.1 Å². The number of thiophene rings is 1. The van der Waals surface area contributed by atoms with Crippen molar-refractivity contribution in [3.8, 4) is 0 Å². The highest BCUT2D eigenvalue weighted by molar-refractivity contribution is 7.89. The van der Waals surface area contributed by atoms with Crippen LogP contribution in [0.2, 0.25) is 0 Å². The van der Waals surface area contributed by atoms with Crippen LogP contribution in [0.3, 0.4) is 0 Å². The molecule has 0 saturated heterocycles. The summed E-state index contributed by atoms with van der Waals surface area (Å²) >= 11 is 1.49. The van der Waals surface area contributed by atoms with Crippen LogP contribution in [0.5, 0.6) is 0 Å². The number of hydrogen-bond donors (Lipinski definition) is 1. The van der Waals surface area contributed by atoms with E-state index in [0.717, 1.165) is 17.7 Å². The molecule has 0 spiro atoms. The number of sulfonamides is 1. The van der Waals surface area contributed by atoms with Gasteiger partial charge in [-0.3, -0.25) is 0 Å². The van der Waals surface area contributed by atoms with E-state index in [9.17, 15) is 8.42 Å². The molecule has 1 heterocycles. The number of nitrogens with one attached hydrogen (secondary N) is 1. The largest absolute Gasteiger partial charge is 0.315 e. The molecule has 1 saturated carbocycles. The van der Waals surface area contributed by atoms with Crippen LogP contribution in [0.25, 0.3) is 0 Å². The first-order valence-electron chi connectivity index (χ1n) is 6.17. The van der Waals surface area contributed by atoms with Crippen molar-refractivity contribution in [3.63, 3.8) is 0 Å². The van der Waals surface area contributed by atoms with E-state index in [4.69, 9.17) is 0 Å². The monoisotopic (exact) mass is 288 g/mol. The van der Waals surface area contributed by atoms with Crippen LogP contribution >= 0.6 is 11.3 Å². The minimum atomic E-state index is -3.35. The molecule has 0 amide bonds. The van der Waals surface area contributed by atoms with Crippen LogP contribution in [0.15, 0.2) is 16.3 Å². The maximum absolute atomic E-state index is 12.6. The molecule has 102 valence electrons. The van der Waals surface area contributed by atoms with Gasteiger partial charge in [-0.2, -0.15) is 4.31 Å². The summed E-state index contributed by atoms with van der Waals surface area (Å²) in [6.07, 6.45) is 2.29. The van der Waals surface area contributed by atoms with Crippen molar-refractivity contribution in [2.24, 2.45) is 5.92 Å². The first-order valence-corrected chi connectivity index (χ1v) is 8.49. The molecular weight excluding hydrogens is 268 g/mol. The maximum atomic E-state index is 12.6. The van der Waals surface area contributed by atoms with Crippen LogP contribution in [0, 0.1) is 5.92 Å². The van der Waals surface area contributed by atoms with Gasteiger partial charge in [0.2, 0.25) is 10.0 Å². The predicted octanol–water partition coefficient (Wildman–Crippen LogP) is 1.89. The summed E-state index contributed by atoms with van der Waals surface area (Å²) in [5, 5.41) is 4.86. The second kappa shape index (κ2) is 5.28. The highest BCUT2D eigenvalue weighted by Crippen LogP contribution is 2.37. The highest BCUT2D eigenvalue weighted by Gasteiger charge is 2.36. The summed E-state index contributed by atoms with van der Waals surface area (Å²) in [4.78, 5) is 1.34. The van der Waals surface area contributed by atoms with E-state index in [2.05, 4.69) is 5.32 Å². The summed E-state index contributed by atoms with van der Waals surface area (Å²) in [5.74, 6) is 0.538. The van der Waals surface area contributed by atoms with E-state index in [1.807, 2.05) is 19.4 Å². The van der Waals surface area contributed by atoms with Crippen LogP contribution in [-0.4, -0.2) is 32.9 Å². The lowest BCUT2D eigenvalue weighted by molar-refractivity contribution is 0.357. The van der Waals surface area contributed by atoms with Gasteiger partial charge < -0.3 is 5.32 Å². The van der Waals surface area contributed by atoms with Gasteiger partial charge in [0.05, 0.1) is 4.90 Å². The molecule has 18 heavy (non-hydrogen) atoms. The van der Waals surface area contributed by atoms with Crippen molar-refractivity contribution in [2.75, 3.05) is 14.1 Å². The van der Waals surface area contributed by atoms with Gasteiger partial charge >= 0.3 is 0 Å². The summed E-state index contributed by atoms with van der Waals surface area (Å²) in [5.41, 5.74) is 0. The molecular formula is C12H20N2O2S2. The van der Waals surface area contributed by atoms with Gasteiger partial charge in [0, 0.05) is 24.5 Å². The Bertz CT molecular complexity index is 506. The molecule has 1 aromatic heterocycles. The zero-order valence-corrected chi connectivity index (χ0v) is 12.6. The molecule has 0 aliphatic heterocycles. The van der Waals surface area contributed by atoms with Gasteiger partial charge in [0.25, 0.3) is 0 Å². The number of hydrogen-bond acceptors (Lipinski definition) is 4. The van der Waals surface area contributed by atoms with E-state index >= 15 is 0 Å². The number of nitrogens with zero attached hydrogens (tertiary/aromatic N) is 1. The molecule has 1 aliphatic carbocycles. The predicted molar refractivity (Wildman–Crippen MR) is 74.2 cm³/mol. The maximum Gasteiger partial charge on any atom is 0.244 e. The van der Waals surface area contributed by atoms with Crippen molar-refractivity contribution in [3.05, 3.63) is 16.3 Å². The van der Waals surface area contributed by atoms with E-state index in [-0.39, 0.29) is 6.04 Å². The molecule has 0 radical (unpaired) electrons. The van der Waals surface area contributed by atoms with Crippen LogP contribution < -0.4 is 5.32 Å². The highest BCUT2D eigenvalue weighted by atomic mass is 32.2. The molecule has 1 atom stereocenters.